The molecule has 0 spiro atoms. The summed E-state index contributed by atoms with van der Waals surface area (Å²) in [5.74, 6) is 0.704. The number of hydrogen-bond acceptors (Lipinski definition) is 5. The fourth-order valence-corrected chi connectivity index (χ4v) is 5.87. The Morgan fingerprint density at radius 2 is 1.50 bits per heavy atom. The summed E-state index contributed by atoms with van der Waals surface area (Å²) in [5.41, 5.74) is 4.00. The molecule has 7 heteroatoms. The Balaban J connectivity index is 0.00000336. The summed E-state index contributed by atoms with van der Waals surface area (Å²) in [5, 5.41) is 0. The SMILES string of the molecule is Cl.O=C1C(=CC=C(c2ccccc2)c2ccccc2)SC(=S)N1c1ccc(OCCCN2CCCC2)cc1. The van der Waals surface area contributed by atoms with Crippen LogP contribution in [-0.4, -0.2) is 41.4 Å². The van der Waals surface area contributed by atoms with Gasteiger partial charge in [-0.15, -0.1) is 12.4 Å². The van der Waals surface area contributed by atoms with Gasteiger partial charge in [0.15, 0.2) is 4.32 Å². The summed E-state index contributed by atoms with van der Waals surface area (Å²) >= 11 is 6.92. The Hall–Kier alpha value is -2.90. The van der Waals surface area contributed by atoms with Crippen LogP contribution in [-0.2, 0) is 4.79 Å². The van der Waals surface area contributed by atoms with Crippen LogP contribution in [0, 0.1) is 0 Å². The number of nitrogens with zero attached hydrogens (tertiary/aromatic N) is 2. The highest BCUT2D eigenvalue weighted by Gasteiger charge is 2.33. The van der Waals surface area contributed by atoms with Crippen LogP contribution in [0.3, 0.4) is 0 Å². The number of thiocarbonyl (C=S) groups is 1. The topological polar surface area (TPSA) is 32.8 Å². The van der Waals surface area contributed by atoms with Crippen molar-refractivity contribution in [3.05, 3.63) is 113 Å². The summed E-state index contributed by atoms with van der Waals surface area (Å²) in [6.45, 7) is 4.20. The van der Waals surface area contributed by atoms with Gasteiger partial charge in [0.1, 0.15) is 5.75 Å². The highest BCUT2D eigenvalue weighted by atomic mass is 35.5. The van der Waals surface area contributed by atoms with Gasteiger partial charge >= 0.3 is 0 Å². The predicted molar refractivity (Wildman–Crippen MR) is 165 cm³/mol. The lowest BCUT2D eigenvalue weighted by Gasteiger charge is -2.16. The molecule has 4 nitrogen and oxygen atoms in total. The van der Waals surface area contributed by atoms with Crippen LogP contribution in [0.25, 0.3) is 5.57 Å². The molecule has 0 bridgehead atoms. The Kier molecular flexibility index (Phi) is 10.2. The van der Waals surface area contributed by atoms with Crippen molar-refractivity contribution >= 4 is 57.9 Å². The van der Waals surface area contributed by atoms with Crippen LogP contribution in [0.1, 0.15) is 30.4 Å². The molecule has 2 aliphatic rings. The number of benzene rings is 3. The van der Waals surface area contributed by atoms with E-state index in [0.29, 0.717) is 15.8 Å². The zero-order chi connectivity index (χ0) is 25.5. The summed E-state index contributed by atoms with van der Waals surface area (Å²) in [4.78, 5) is 18.0. The Morgan fingerprint density at radius 3 is 2.11 bits per heavy atom. The minimum Gasteiger partial charge on any atom is -0.494 e. The van der Waals surface area contributed by atoms with Crippen molar-refractivity contribution in [2.75, 3.05) is 31.1 Å². The summed E-state index contributed by atoms with van der Waals surface area (Å²) in [7, 11) is 0. The van der Waals surface area contributed by atoms with Gasteiger partial charge in [0.2, 0.25) is 0 Å². The van der Waals surface area contributed by atoms with Gasteiger partial charge in [-0.25, -0.2) is 0 Å². The lowest BCUT2D eigenvalue weighted by Crippen LogP contribution is -2.27. The molecule has 0 aromatic heterocycles. The van der Waals surface area contributed by atoms with Crippen LogP contribution < -0.4 is 9.64 Å². The van der Waals surface area contributed by atoms with E-state index in [-0.39, 0.29) is 18.3 Å². The Labute approximate surface area is 240 Å². The number of anilines is 1. The van der Waals surface area contributed by atoms with Crippen LogP contribution in [0.2, 0.25) is 0 Å². The molecule has 0 saturated carbocycles. The summed E-state index contributed by atoms with van der Waals surface area (Å²) in [6, 6.07) is 28.0. The molecule has 196 valence electrons. The fourth-order valence-electron chi connectivity index (χ4n) is 4.63. The second-order valence-electron chi connectivity index (χ2n) is 9.10. The first-order valence-electron chi connectivity index (χ1n) is 12.7. The van der Waals surface area contributed by atoms with Gasteiger partial charge in [0, 0.05) is 6.54 Å². The van der Waals surface area contributed by atoms with E-state index in [4.69, 9.17) is 17.0 Å². The van der Waals surface area contributed by atoms with Gasteiger partial charge < -0.3 is 9.64 Å². The molecule has 3 aromatic carbocycles. The molecule has 0 N–H and O–H groups in total. The smallest absolute Gasteiger partial charge is 0.270 e. The average Bonchev–Trinajstić information content (AvgIpc) is 3.56. The summed E-state index contributed by atoms with van der Waals surface area (Å²) < 4.78 is 6.45. The molecular formula is C31H31ClN2O2S2. The van der Waals surface area contributed by atoms with Crippen LogP contribution in [0.15, 0.2) is 102 Å². The first kappa shape index (κ1) is 28.1. The molecule has 2 aliphatic heterocycles. The van der Waals surface area contributed by atoms with Crippen molar-refractivity contribution in [1.82, 2.24) is 4.90 Å². The van der Waals surface area contributed by atoms with Crippen molar-refractivity contribution in [1.29, 1.82) is 0 Å². The third kappa shape index (κ3) is 6.94. The van der Waals surface area contributed by atoms with Gasteiger partial charge in [-0.05, 0) is 79.4 Å². The molecule has 2 saturated heterocycles. The number of hydrogen-bond donors (Lipinski definition) is 0. The molecule has 0 unspecified atom stereocenters. The van der Waals surface area contributed by atoms with E-state index < -0.39 is 0 Å². The zero-order valence-corrected chi connectivity index (χ0v) is 23.6. The number of thioether (sulfide) groups is 1. The maximum absolute atomic E-state index is 13.3. The fraction of sp³-hybridized carbons (Fsp3) is 0.226. The monoisotopic (exact) mass is 562 g/mol. The van der Waals surface area contributed by atoms with E-state index in [0.717, 1.165) is 41.1 Å². The number of allylic oxidation sites excluding steroid dienone is 2. The number of ether oxygens (including phenoxy) is 1. The number of carbonyl (C=O) groups is 1. The number of rotatable bonds is 9. The van der Waals surface area contributed by atoms with Crippen LogP contribution in [0.4, 0.5) is 5.69 Å². The van der Waals surface area contributed by atoms with Crippen LogP contribution in [0.5, 0.6) is 5.75 Å². The van der Waals surface area contributed by atoms with Gasteiger partial charge in [-0.3, -0.25) is 9.69 Å². The normalized spacial score (nSPS) is 16.5. The maximum Gasteiger partial charge on any atom is 0.270 e. The minimum atomic E-state index is -0.106. The van der Waals surface area contributed by atoms with E-state index in [1.165, 1.54) is 37.7 Å². The maximum atomic E-state index is 13.3. The van der Waals surface area contributed by atoms with Gasteiger partial charge in [0.05, 0.1) is 17.2 Å². The first-order chi connectivity index (χ1) is 18.2. The Bertz CT molecular complexity index is 1250. The largest absolute Gasteiger partial charge is 0.494 e. The quantitative estimate of drug-likeness (QED) is 0.155. The molecule has 2 fully saturated rings. The van der Waals surface area contributed by atoms with E-state index in [1.54, 1.807) is 4.90 Å². The number of amides is 1. The minimum absolute atomic E-state index is 0. The number of likely N-dealkylation sites (tertiary alicyclic amines) is 1. The summed E-state index contributed by atoms with van der Waals surface area (Å²) in [6.07, 6.45) is 7.53. The number of halogens is 1. The van der Waals surface area contributed by atoms with E-state index in [2.05, 4.69) is 29.2 Å². The third-order valence-electron chi connectivity index (χ3n) is 6.55. The van der Waals surface area contributed by atoms with Crippen molar-refractivity contribution in [3.63, 3.8) is 0 Å². The Morgan fingerprint density at radius 1 is 0.895 bits per heavy atom. The molecular weight excluding hydrogens is 532 g/mol. The molecule has 0 radical (unpaired) electrons. The lowest BCUT2D eigenvalue weighted by molar-refractivity contribution is -0.113. The molecule has 3 aromatic rings. The average molecular weight is 563 g/mol. The predicted octanol–water partition coefficient (Wildman–Crippen LogP) is 7.35. The molecule has 38 heavy (non-hydrogen) atoms. The standard InChI is InChI=1S/C31H30N2O2S2.ClH/c34-30-29(19-18-28(24-10-3-1-4-11-24)25-12-5-2-6-13-25)37-31(36)33(30)26-14-16-27(17-15-26)35-23-9-22-32-20-7-8-21-32;/h1-6,10-19H,7-9,20-23H2;1H. The lowest BCUT2D eigenvalue weighted by atomic mass is 9.97. The molecule has 0 atom stereocenters. The van der Waals surface area contributed by atoms with Gasteiger partial charge in [-0.2, -0.15) is 0 Å². The van der Waals surface area contributed by atoms with Crippen molar-refractivity contribution < 1.29 is 9.53 Å². The molecule has 2 heterocycles. The van der Waals surface area contributed by atoms with Crippen molar-refractivity contribution in [3.8, 4) is 5.75 Å². The molecule has 5 rings (SSSR count). The van der Waals surface area contributed by atoms with Gasteiger partial charge in [0.25, 0.3) is 5.91 Å². The second kappa shape index (κ2) is 13.8. The molecule has 1 amide bonds. The highest BCUT2D eigenvalue weighted by Crippen LogP contribution is 2.36. The number of carbonyl (C=O) groups excluding carboxylic acids is 1. The highest BCUT2D eigenvalue weighted by molar-refractivity contribution is 8.27. The van der Waals surface area contributed by atoms with Crippen molar-refractivity contribution in [2.24, 2.45) is 0 Å². The second-order valence-corrected chi connectivity index (χ2v) is 10.8. The van der Waals surface area contributed by atoms with Gasteiger partial charge in [-0.1, -0.05) is 90.7 Å². The van der Waals surface area contributed by atoms with Crippen LogP contribution >= 0.6 is 36.4 Å². The third-order valence-corrected chi connectivity index (χ3v) is 7.87. The zero-order valence-electron chi connectivity index (χ0n) is 21.1. The van der Waals surface area contributed by atoms with E-state index in [9.17, 15) is 4.79 Å². The molecule has 0 aliphatic carbocycles. The van der Waals surface area contributed by atoms with Crippen molar-refractivity contribution in [2.45, 2.75) is 19.3 Å². The van der Waals surface area contributed by atoms with E-state index in [1.807, 2.05) is 72.8 Å². The van der Waals surface area contributed by atoms with E-state index >= 15 is 0 Å². The first-order valence-corrected chi connectivity index (χ1v) is 14.0.